The van der Waals surface area contributed by atoms with E-state index < -0.39 is 0 Å². The first-order chi connectivity index (χ1) is 13.2. The van der Waals surface area contributed by atoms with Crippen molar-refractivity contribution < 1.29 is 9.18 Å². The molecule has 140 valence electrons. The van der Waals surface area contributed by atoms with Gasteiger partial charge in [0.15, 0.2) is 5.65 Å². The summed E-state index contributed by atoms with van der Waals surface area (Å²) in [6.07, 6.45) is 8.04. The highest BCUT2D eigenvalue weighted by Gasteiger charge is 2.18. The highest BCUT2D eigenvalue weighted by atomic mass is 19.1. The molecule has 0 saturated carbocycles. The average Bonchev–Trinajstić information content (AvgIpc) is 2.90. The molecular formula is C19H21FN6O. The molecule has 0 spiro atoms. The van der Waals surface area contributed by atoms with Crippen LogP contribution in [0.1, 0.15) is 25.7 Å². The third kappa shape index (κ3) is 3.89. The first-order valence-electron chi connectivity index (χ1n) is 9.17. The van der Waals surface area contributed by atoms with Crippen molar-refractivity contribution in [3.63, 3.8) is 0 Å². The lowest BCUT2D eigenvalue weighted by Gasteiger charge is -2.21. The van der Waals surface area contributed by atoms with Crippen LogP contribution in [-0.2, 0) is 11.3 Å². The highest BCUT2D eigenvalue weighted by Crippen LogP contribution is 2.25. The number of carbonyl (C=O) groups is 1. The van der Waals surface area contributed by atoms with E-state index in [1.54, 1.807) is 10.9 Å². The van der Waals surface area contributed by atoms with E-state index in [0.29, 0.717) is 11.3 Å². The zero-order valence-electron chi connectivity index (χ0n) is 14.9. The van der Waals surface area contributed by atoms with Crippen molar-refractivity contribution in [3.8, 4) is 0 Å². The van der Waals surface area contributed by atoms with Crippen molar-refractivity contribution in [2.75, 3.05) is 23.3 Å². The predicted molar refractivity (Wildman–Crippen MR) is 101 cm³/mol. The Morgan fingerprint density at radius 1 is 1.07 bits per heavy atom. The Morgan fingerprint density at radius 2 is 1.81 bits per heavy atom. The van der Waals surface area contributed by atoms with E-state index in [0.717, 1.165) is 37.1 Å². The lowest BCUT2D eigenvalue weighted by Crippen LogP contribution is -2.25. The monoisotopic (exact) mass is 368 g/mol. The molecule has 1 amide bonds. The lowest BCUT2D eigenvalue weighted by molar-refractivity contribution is -0.116. The molecule has 27 heavy (non-hydrogen) atoms. The number of hydrogen-bond acceptors (Lipinski definition) is 5. The van der Waals surface area contributed by atoms with E-state index in [4.69, 9.17) is 0 Å². The third-order valence-electron chi connectivity index (χ3n) is 4.74. The van der Waals surface area contributed by atoms with Gasteiger partial charge in [0, 0.05) is 18.8 Å². The fourth-order valence-corrected chi connectivity index (χ4v) is 3.40. The molecule has 1 aliphatic rings. The van der Waals surface area contributed by atoms with Gasteiger partial charge in [-0.2, -0.15) is 5.10 Å². The number of aromatic nitrogens is 4. The van der Waals surface area contributed by atoms with Crippen LogP contribution in [0.3, 0.4) is 0 Å². The first kappa shape index (κ1) is 17.4. The molecule has 0 bridgehead atoms. The summed E-state index contributed by atoms with van der Waals surface area (Å²) in [7, 11) is 0. The Labute approximate surface area is 156 Å². The van der Waals surface area contributed by atoms with Gasteiger partial charge in [-0.3, -0.25) is 4.79 Å². The van der Waals surface area contributed by atoms with Gasteiger partial charge in [-0.25, -0.2) is 19.0 Å². The van der Waals surface area contributed by atoms with Gasteiger partial charge in [-0.05, 0) is 37.1 Å². The Bertz CT molecular complexity index is 931. The number of fused-ring (bicyclic) bond motifs is 1. The normalized spacial score (nSPS) is 14.9. The average molecular weight is 368 g/mol. The minimum Gasteiger partial charge on any atom is -0.356 e. The van der Waals surface area contributed by atoms with Gasteiger partial charge in [-0.15, -0.1) is 0 Å². The summed E-state index contributed by atoms with van der Waals surface area (Å²) in [6, 6.07) is 5.65. The van der Waals surface area contributed by atoms with E-state index in [1.165, 1.54) is 43.4 Å². The molecular weight excluding hydrogens is 347 g/mol. The molecule has 7 nitrogen and oxygen atoms in total. The fraction of sp³-hybridized carbons (Fsp3) is 0.368. The second kappa shape index (κ2) is 7.69. The molecule has 1 fully saturated rings. The zero-order chi connectivity index (χ0) is 18.6. The summed E-state index contributed by atoms with van der Waals surface area (Å²) in [4.78, 5) is 23.4. The second-order valence-electron chi connectivity index (χ2n) is 6.69. The number of rotatable bonds is 4. The summed E-state index contributed by atoms with van der Waals surface area (Å²) in [5, 5.41) is 7.93. The molecule has 0 unspecified atom stereocenters. The van der Waals surface area contributed by atoms with E-state index in [1.807, 2.05) is 0 Å². The maximum absolute atomic E-state index is 13.0. The van der Waals surface area contributed by atoms with Gasteiger partial charge in [0.1, 0.15) is 24.5 Å². The number of halogens is 1. The quantitative estimate of drug-likeness (QED) is 0.766. The van der Waals surface area contributed by atoms with Gasteiger partial charge >= 0.3 is 0 Å². The van der Waals surface area contributed by atoms with Crippen LogP contribution in [0, 0.1) is 5.82 Å². The van der Waals surface area contributed by atoms with E-state index in [9.17, 15) is 9.18 Å². The van der Waals surface area contributed by atoms with Crippen molar-refractivity contribution in [2.24, 2.45) is 0 Å². The van der Waals surface area contributed by atoms with Gasteiger partial charge in [-0.1, -0.05) is 12.8 Å². The smallest absolute Gasteiger partial charge is 0.246 e. The van der Waals surface area contributed by atoms with E-state index in [-0.39, 0.29) is 18.3 Å². The number of hydrogen-bond donors (Lipinski definition) is 1. The van der Waals surface area contributed by atoms with Crippen molar-refractivity contribution in [3.05, 3.63) is 42.6 Å². The van der Waals surface area contributed by atoms with Gasteiger partial charge < -0.3 is 10.2 Å². The van der Waals surface area contributed by atoms with E-state index in [2.05, 4.69) is 25.3 Å². The first-order valence-corrected chi connectivity index (χ1v) is 9.17. The number of carbonyl (C=O) groups excluding carboxylic acids is 1. The molecule has 0 aliphatic carbocycles. The number of benzene rings is 1. The van der Waals surface area contributed by atoms with Crippen LogP contribution in [0.2, 0.25) is 0 Å². The van der Waals surface area contributed by atoms with Crippen molar-refractivity contribution >= 4 is 28.4 Å². The minimum atomic E-state index is -0.344. The minimum absolute atomic E-state index is 0.0251. The Hall–Kier alpha value is -3.03. The number of anilines is 2. The highest BCUT2D eigenvalue weighted by molar-refractivity contribution is 5.92. The number of nitrogens with one attached hydrogen (secondary N) is 1. The van der Waals surface area contributed by atoms with Crippen LogP contribution in [0.4, 0.5) is 15.9 Å². The fourth-order valence-electron chi connectivity index (χ4n) is 3.40. The molecule has 0 atom stereocenters. The zero-order valence-corrected chi connectivity index (χ0v) is 14.9. The summed E-state index contributed by atoms with van der Waals surface area (Å²) in [5.74, 6) is 0.289. The van der Waals surface area contributed by atoms with Gasteiger partial charge in [0.2, 0.25) is 5.91 Å². The van der Waals surface area contributed by atoms with E-state index >= 15 is 0 Å². The molecule has 2 aromatic heterocycles. The molecule has 0 radical (unpaired) electrons. The van der Waals surface area contributed by atoms with Crippen molar-refractivity contribution in [1.82, 2.24) is 19.7 Å². The SMILES string of the molecule is O=C(Cn1ncc2c(N3CCCCCC3)ncnc21)Nc1ccc(F)cc1. The van der Waals surface area contributed by atoms with Gasteiger partial charge in [0.25, 0.3) is 0 Å². The van der Waals surface area contributed by atoms with Crippen LogP contribution < -0.4 is 10.2 Å². The molecule has 8 heteroatoms. The Kier molecular flexibility index (Phi) is 4.95. The van der Waals surface area contributed by atoms with Crippen LogP contribution in [-0.4, -0.2) is 38.7 Å². The predicted octanol–water partition coefficient (Wildman–Crippen LogP) is 2.98. The van der Waals surface area contributed by atoms with Crippen LogP contribution in [0.5, 0.6) is 0 Å². The summed E-state index contributed by atoms with van der Waals surface area (Å²) in [5.41, 5.74) is 1.18. The Morgan fingerprint density at radius 3 is 2.56 bits per heavy atom. The summed E-state index contributed by atoms with van der Waals surface area (Å²) < 4.78 is 14.5. The lowest BCUT2D eigenvalue weighted by atomic mass is 10.2. The molecule has 1 N–H and O–H groups in total. The molecule has 3 aromatic rings. The molecule has 1 aromatic carbocycles. The second-order valence-corrected chi connectivity index (χ2v) is 6.69. The number of nitrogens with zero attached hydrogens (tertiary/aromatic N) is 5. The van der Waals surface area contributed by atoms with Crippen molar-refractivity contribution in [2.45, 2.75) is 32.2 Å². The molecule has 1 saturated heterocycles. The van der Waals surface area contributed by atoms with Crippen molar-refractivity contribution in [1.29, 1.82) is 0 Å². The molecule has 1 aliphatic heterocycles. The summed E-state index contributed by atoms with van der Waals surface area (Å²) in [6.45, 7) is 1.97. The van der Waals surface area contributed by atoms with Crippen LogP contribution >= 0.6 is 0 Å². The maximum Gasteiger partial charge on any atom is 0.246 e. The Balaban J connectivity index is 1.53. The van der Waals surface area contributed by atoms with Crippen LogP contribution in [0.25, 0.3) is 11.0 Å². The standard InChI is InChI=1S/C19H21FN6O/c20-14-5-7-15(8-6-14)24-17(27)12-26-19-16(11-23-26)18(21-13-22-19)25-9-3-1-2-4-10-25/h5-8,11,13H,1-4,9-10,12H2,(H,24,27). The summed E-state index contributed by atoms with van der Waals surface area (Å²) >= 11 is 0. The van der Waals surface area contributed by atoms with Crippen LogP contribution in [0.15, 0.2) is 36.8 Å². The largest absolute Gasteiger partial charge is 0.356 e. The third-order valence-corrected chi connectivity index (χ3v) is 4.74. The topological polar surface area (TPSA) is 75.9 Å². The number of amides is 1. The molecule has 4 rings (SSSR count). The maximum atomic E-state index is 13.0. The molecule has 3 heterocycles. The van der Waals surface area contributed by atoms with Gasteiger partial charge in [0.05, 0.1) is 11.6 Å².